The van der Waals surface area contributed by atoms with Gasteiger partial charge in [0.05, 0.1) is 69.2 Å². The van der Waals surface area contributed by atoms with Crippen molar-refractivity contribution in [3.63, 3.8) is 0 Å². The molecule has 0 saturated heterocycles. The molecule has 6 heteroatoms. The molecule has 0 radical (unpaired) electrons. The largest absolute Gasteiger partial charge is 0.310 e. The van der Waals surface area contributed by atoms with Crippen molar-refractivity contribution in [2.45, 2.75) is 6.92 Å². The number of hydrogen-bond acceptors (Lipinski definition) is 3. The van der Waals surface area contributed by atoms with E-state index in [9.17, 15) is 15.8 Å². The molecule has 0 aliphatic heterocycles. The van der Waals surface area contributed by atoms with Gasteiger partial charge < -0.3 is 9.13 Å². The minimum Gasteiger partial charge on any atom is -0.310 e. The third kappa shape index (κ3) is 4.69. The Balaban J connectivity index is 1.48. The van der Waals surface area contributed by atoms with Gasteiger partial charge in [0.15, 0.2) is 5.69 Å². The molecule has 9 rings (SSSR count). The van der Waals surface area contributed by atoms with Gasteiger partial charge in [0.1, 0.15) is 0 Å². The molecular formula is C47H26N6. The number of hydrogen-bond donors (Lipinski definition) is 0. The molecule has 53 heavy (non-hydrogen) atoms. The van der Waals surface area contributed by atoms with Gasteiger partial charge in [-0.15, -0.1) is 0 Å². The minimum atomic E-state index is 0.481. The Morgan fingerprint density at radius 1 is 0.472 bits per heavy atom. The summed E-state index contributed by atoms with van der Waals surface area (Å²) >= 11 is 0. The van der Waals surface area contributed by atoms with Crippen LogP contribution < -0.4 is 0 Å². The maximum absolute atomic E-state index is 9.85. The van der Waals surface area contributed by atoms with E-state index >= 15 is 0 Å². The summed E-state index contributed by atoms with van der Waals surface area (Å²) in [7, 11) is 0. The molecule has 6 nitrogen and oxygen atoms in total. The van der Waals surface area contributed by atoms with E-state index in [1.807, 2.05) is 104 Å². The Bertz CT molecular complexity index is 3180. The molecule has 7 aromatic carbocycles. The Labute approximate surface area is 305 Å². The molecule has 0 aliphatic rings. The van der Waals surface area contributed by atoms with Crippen LogP contribution in [0.4, 0.5) is 5.69 Å². The zero-order valence-corrected chi connectivity index (χ0v) is 28.5. The van der Waals surface area contributed by atoms with Crippen LogP contribution in [-0.2, 0) is 0 Å². The molecule has 0 atom stereocenters. The highest BCUT2D eigenvalue weighted by Crippen LogP contribution is 2.48. The van der Waals surface area contributed by atoms with Crippen molar-refractivity contribution in [2.24, 2.45) is 0 Å². The lowest BCUT2D eigenvalue weighted by atomic mass is 9.88. The van der Waals surface area contributed by atoms with Crippen LogP contribution in [-0.4, -0.2) is 9.13 Å². The summed E-state index contributed by atoms with van der Waals surface area (Å²) in [6, 6.07) is 52.6. The van der Waals surface area contributed by atoms with Crippen molar-refractivity contribution >= 4 is 49.3 Å². The van der Waals surface area contributed by atoms with Crippen LogP contribution in [0.3, 0.4) is 0 Å². The molecule has 2 aromatic heterocycles. The van der Waals surface area contributed by atoms with Crippen molar-refractivity contribution in [1.29, 1.82) is 15.8 Å². The molecule has 0 amide bonds. The van der Waals surface area contributed by atoms with Crippen molar-refractivity contribution in [2.75, 3.05) is 0 Å². The van der Waals surface area contributed by atoms with Crippen molar-refractivity contribution in [3.8, 4) is 51.8 Å². The van der Waals surface area contributed by atoms with E-state index in [2.05, 4.69) is 74.7 Å². The van der Waals surface area contributed by atoms with E-state index in [0.717, 1.165) is 82.8 Å². The Hall–Kier alpha value is -7.90. The standard InChI is InChI=1S/C47H26N6/c1-29-23-30(26-48)17-20-33(29)36-11-7-15-44(52-40-13-5-3-9-34(40)37-24-31(27-49)18-21-42(37)52)46(36)47-39(51-2)12-8-16-45(47)53-41-14-6-4-10-35(41)38-25-32(28-50)19-22-43(38)53/h3-25H,1H3. The van der Waals surface area contributed by atoms with Crippen LogP contribution in [0.2, 0.25) is 0 Å². The predicted molar refractivity (Wildman–Crippen MR) is 211 cm³/mol. The third-order valence-corrected chi connectivity index (χ3v) is 10.2. The molecule has 0 bridgehead atoms. The van der Waals surface area contributed by atoms with Gasteiger partial charge in [0, 0.05) is 38.4 Å². The summed E-state index contributed by atoms with van der Waals surface area (Å²) in [5.41, 5.74) is 12.1. The number of fused-ring (bicyclic) bond motifs is 6. The highest BCUT2D eigenvalue weighted by molar-refractivity contribution is 6.13. The average molecular weight is 675 g/mol. The molecule has 0 fully saturated rings. The second-order valence-electron chi connectivity index (χ2n) is 13.0. The molecule has 0 N–H and O–H groups in total. The average Bonchev–Trinajstić information content (AvgIpc) is 3.72. The first-order valence-corrected chi connectivity index (χ1v) is 17.1. The fourth-order valence-corrected chi connectivity index (χ4v) is 7.92. The maximum atomic E-state index is 9.85. The first-order valence-electron chi connectivity index (χ1n) is 17.1. The molecule has 244 valence electrons. The molecular weight excluding hydrogens is 649 g/mol. The number of para-hydroxylation sites is 2. The highest BCUT2D eigenvalue weighted by Gasteiger charge is 2.25. The van der Waals surface area contributed by atoms with Crippen LogP contribution in [0.1, 0.15) is 22.3 Å². The SMILES string of the molecule is [C-]#[N+]c1cccc(-n2c3ccccc3c3cc(C#N)ccc32)c1-c1c(-c2ccc(C#N)cc2C)cccc1-n1c2ccccc2c2cc(C#N)ccc21. The highest BCUT2D eigenvalue weighted by atomic mass is 15.0. The Morgan fingerprint density at radius 2 is 0.962 bits per heavy atom. The maximum Gasteiger partial charge on any atom is 0.197 e. The van der Waals surface area contributed by atoms with Crippen molar-refractivity contribution in [3.05, 3.63) is 173 Å². The lowest BCUT2D eigenvalue weighted by molar-refractivity contribution is 1.16. The smallest absolute Gasteiger partial charge is 0.197 e. The fraction of sp³-hybridized carbons (Fsp3) is 0.0213. The van der Waals surface area contributed by atoms with Crippen molar-refractivity contribution in [1.82, 2.24) is 9.13 Å². The van der Waals surface area contributed by atoms with Gasteiger partial charge in [-0.25, -0.2) is 4.85 Å². The molecule has 0 saturated carbocycles. The number of rotatable bonds is 4. The van der Waals surface area contributed by atoms with Gasteiger partial charge in [0.25, 0.3) is 0 Å². The topological polar surface area (TPSA) is 85.6 Å². The zero-order chi connectivity index (χ0) is 36.2. The second kappa shape index (κ2) is 12.2. The second-order valence-corrected chi connectivity index (χ2v) is 13.0. The number of nitriles is 3. The van der Waals surface area contributed by atoms with Gasteiger partial charge in [-0.1, -0.05) is 66.7 Å². The summed E-state index contributed by atoms with van der Waals surface area (Å²) in [5, 5.41) is 33.4. The van der Waals surface area contributed by atoms with Crippen molar-refractivity contribution < 1.29 is 0 Å². The quantitative estimate of drug-likeness (QED) is 0.174. The van der Waals surface area contributed by atoms with Gasteiger partial charge in [-0.2, -0.15) is 15.8 Å². The third-order valence-electron chi connectivity index (χ3n) is 10.2. The number of benzene rings is 7. The summed E-state index contributed by atoms with van der Waals surface area (Å²) < 4.78 is 4.44. The summed E-state index contributed by atoms with van der Waals surface area (Å²) in [4.78, 5) is 4.16. The van der Waals surface area contributed by atoms with E-state index in [1.165, 1.54) is 0 Å². The van der Waals surface area contributed by atoms with Crippen LogP contribution in [0.5, 0.6) is 0 Å². The van der Waals surface area contributed by atoms with Gasteiger partial charge in [-0.3, -0.25) is 0 Å². The van der Waals surface area contributed by atoms with E-state index < -0.39 is 0 Å². The van der Waals surface area contributed by atoms with Gasteiger partial charge >= 0.3 is 0 Å². The van der Waals surface area contributed by atoms with Gasteiger partial charge in [-0.05, 0) is 96.4 Å². The molecule has 0 spiro atoms. The lowest BCUT2D eigenvalue weighted by Crippen LogP contribution is -2.04. The van der Waals surface area contributed by atoms with Crippen LogP contribution >= 0.6 is 0 Å². The number of nitrogens with zero attached hydrogens (tertiary/aromatic N) is 6. The lowest BCUT2D eigenvalue weighted by Gasteiger charge is -2.23. The Kier molecular flexibility index (Phi) is 7.13. The first kappa shape index (κ1) is 31.1. The predicted octanol–water partition coefficient (Wildman–Crippen LogP) is 11.7. The minimum absolute atomic E-state index is 0.481. The van der Waals surface area contributed by atoms with E-state index in [1.54, 1.807) is 0 Å². The molecule has 9 aromatic rings. The first-order chi connectivity index (χ1) is 26.0. The summed E-state index contributed by atoms with van der Waals surface area (Å²) in [6.07, 6.45) is 0. The van der Waals surface area contributed by atoms with E-state index in [0.29, 0.717) is 22.4 Å². The van der Waals surface area contributed by atoms with Gasteiger partial charge in [0.2, 0.25) is 0 Å². The zero-order valence-electron chi connectivity index (χ0n) is 28.5. The molecule has 0 unspecified atom stereocenters. The fourth-order valence-electron chi connectivity index (χ4n) is 7.92. The summed E-state index contributed by atoms with van der Waals surface area (Å²) in [6.45, 7) is 10.6. The summed E-state index contributed by atoms with van der Waals surface area (Å²) in [5.74, 6) is 0. The molecule has 0 aliphatic carbocycles. The van der Waals surface area contributed by atoms with Crippen LogP contribution in [0.15, 0.2) is 140 Å². The molecule has 2 heterocycles. The number of aryl methyl sites for hydroxylation is 1. The van der Waals surface area contributed by atoms with Crippen LogP contribution in [0.25, 0.3) is 82.1 Å². The normalized spacial score (nSPS) is 11.0. The van der Waals surface area contributed by atoms with E-state index in [-0.39, 0.29) is 0 Å². The van der Waals surface area contributed by atoms with E-state index in [4.69, 9.17) is 6.57 Å². The monoisotopic (exact) mass is 674 g/mol. The van der Waals surface area contributed by atoms with Crippen LogP contribution in [0, 0.1) is 47.5 Å². The Morgan fingerprint density at radius 3 is 1.51 bits per heavy atom. The number of aromatic nitrogens is 2.